The van der Waals surface area contributed by atoms with Gasteiger partial charge in [0, 0.05) is 25.2 Å². The molecule has 3 nitrogen and oxygen atoms in total. The predicted octanol–water partition coefficient (Wildman–Crippen LogP) is 5.09. The van der Waals surface area contributed by atoms with Gasteiger partial charge in [0.05, 0.1) is 0 Å². The highest BCUT2D eigenvalue weighted by Gasteiger charge is 2.24. The van der Waals surface area contributed by atoms with Gasteiger partial charge in [0.25, 0.3) is 5.91 Å². The molecule has 160 valence electrons. The molecule has 0 saturated carbocycles. The first-order valence-electron chi connectivity index (χ1n) is 11.0. The summed E-state index contributed by atoms with van der Waals surface area (Å²) in [6, 6.07) is 23.1. The molecule has 0 spiro atoms. The van der Waals surface area contributed by atoms with Gasteiger partial charge in [0.2, 0.25) is 0 Å². The number of aryl methyl sites for hydroxylation is 2. The molecule has 1 heterocycles. The predicted molar refractivity (Wildman–Crippen MR) is 122 cm³/mol. The number of rotatable bonds is 6. The Kier molecular flexibility index (Phi) is 6.78. The van der Waals surface area contributed by atoms with Crippen LogP contribution in [0.5, 0.6) is 0 Å². The smallest absolute Gasteiger partial charge is 0.253 e. The molecule has 0 aromatic heterocycles. The van der Waals surface area contributed by atoms with Crippen LogP contribution in [0.4, 0.5) is 4.39 Å². The van der Waals surface area contributed by atoms with E-state index in [2.05, 4.69) is 24.3 Å². The summed E-state index contributed by atoms with van der Waals surface area (Å²) in [6.07, 6.45) is 3.48. The molecular formula is C27H29FN2O. The van der Waals surface area contributed by atoms with Crippen molar-refractivity contribution in [3.63, 3.8) is 0 Å². The maximum Gasteiger partial charge on any atom is 0.253 e. The molecule has 0 bridgehead atoms. The highest BCUT2D eigenvalue weighted by molar-refractivity contribution is 5.94. The van der Waals surface area contributed by atoms with Gasteiger partial charge in [-0.15, -0.1) is 0 Å². The molecule has 3 aromatic carbocycles. The van der Waals surface area contributed by atoms with Gasteiger partial charge in [0.15, 0.2) is 0 Å². The summed E-state index contributed by atoms with van der Waals surface area (Å²) in [5, 5.41) is 0. The lowest BCUT2D eigenvalue weighted by Crippen LogP contribution is -2.38. The molecule has 0 unspecified atom stereocenters. The molecule has 4 heteroatoms. The third-order valence-corrected chi connectivity index (χ3v) is 6.21. The molecule has 1 aliphatic rings. The van der Waals surface area contributed by atoms with Gasteiger partial charge >= 0.3 is 0 Å². The van der Waals surface area contributed by atoms with Crippen LogP contribution in [0.25, 0.3) is 0 Å². The van der Waals surface area contributed by atoms with Crippen molar-refractivity contribution in [2.75, 3.05) is 13.1 Å². The number of hydrogen-bond donors (Lipinski definition) is 1. The van der Waals surface area contributed by atoms with Gasteiger partial charge in [0.1, 0.15) is 5.82 Å². The highest BCUT2D eigenvalue weighted by Crippen LogP contribution is 2.29. The van der Waals surface area contributed by atoms with E-state index in [4.69, 9.17) is 5.73 Å². The normalized spacial score (nSPS) is 14.6. The molecule has 1 fully saturated rings. The first-order valence-corrected chi connectivity index (χ1v) is 11.0. The number of nitrogens with zero attached hydrogens (tertiary/aromatic N) is 1. The first kappa shape index (κ1) is 21.3. The lowest BCUT2D eigenvalue weighted by Gasteiger charge is -2.32. The highest BCUT2D eigenvalue weighted by atomic mass is 19.1. The minimum absolute atomic E-state index is 0.0989. The Labute approximate surface area is 183 Å². The van der Waals surface area contributed by atoms with E-state index in [1.54, 1.807) is 12.1 Å². The van der Waals surface area contributed by atoms with Gasteiger partial charge in [-0.05, 0) is 78.1 Å². The number of hydrogen-bond acceptors (Lipinski definition) is 2. The fraction of sp³-hybridized carbons (Fsp3) is 0.296. The molecule has 4 rings (SSSR count). The molecule has 0 radical (unpaired) electrons. The van der Waals surface area contributed by atoms with Crippen molar-refractivity contribution >= 4 is 5.91 Å². The third-order valence-electron chi connectivity index (χ3n) is 6.21. The van der Waals surface area contributed by atoms with Crippen molar-refractivity contribution in [2.45, 2.75) is 38.1 Å². The van der Waals surface area contributed by atoms with E-state index in [0.29, 0.717) is 12.5 Å². The number of nitrogens with two attached hydrogens (primary N) is 1. The van der Waals surface area contributed by atoms with Crippen LogP contribution < -0.4 is 5.73 Å². The summed E-state index contributed by atoms with van der Waals surface area (Å²) in [5.41, 5.74) is 11.1. The van der Waals surface area contributed by atoms with E-state index in [1.807, 2.05) is 35.2 Å². The van der Waals surface area contributed by atoms with Gasteiger partial charge < -0.3 is 10.6 Å². The monoisotopic (exact) mass is 416 g/mol. The zero-order chi connectivity index (χ0) is 21.6. The summed E-state index contributed by atoms with van der Waals surface area (Å²) < 4.78 is 13.4. The second-order valence-electron chi connectivity index (χ2n) is 8.35. The van der Waals surface area contributed by atoms with E-state index in [1.165, 1.54) is 11.6 Å². The maximum atomic E-state index is 13.4. The van der Waals surface area contributed by atoms with Crippen LogP contribution in [0, 0.1) is 5.82 Å². The summed E-state index contributed by atoms with van der Waals surface area (Å²) in [5.74, 6) is 0.370. The first-order chi connectivity index (χ1) is 15.1. The Morgan fingerprint density at radius 3 is 2.23 bits per heavy atom. The van der Waals surface area contributed by atoms with Crippen molar-refractivity contribution in [2.24, 2.45) is 5.73 Å². The number of carbonyl (C=O) groups is 1. The molecule has 31 heavy (non-hydrogen) atoms. The van der Waals surface area contributed by atoms with Crippen molar-refractivity contribution in [1.82, 2.24) is 4.90 Å². The Balaban J connectivity index is 1.36. The van der Waals surface area contributed by atoms with Crippen LogP contribution in [0.15, 0.2) is 72.8 Å². The standard InChI is InChI=1S/C27H29FN2O/c28-26-9-3-5-21(18-26)11-10-20-4-1-8-25(16-20)27(31)30-14-12-23(13-15-30)24-7-2-6-22(17-24)19-29/h1-9,16-18,23H,10-15,19,29H2. The van der Waals surface area contributed by atoms with Gasteiger partial charge in [-0.25, -0.2) is 4.39 Å². The number of likely N-dealkylation sites (tertiary alicyclic amines) is 1. The Hall–Kier alpha value is -2.98. The second kappa shape index (κ2) is 9.88. The van der Waals surface area contributed by atoms with Gasteiger partial charge in [-0.2, -0.15) is 0 Å². The van der Waals surface area contributed by atoms with Crippen LogP contribution in [0.3, 0.4) is 0 Å². The molecule has 0 atom stereocenters. The van der Waals surface area contributed by atoms with Crippen LogP contribution in [0.2, 0.25) is 0 Å². The van der Waals surface area contributed by atoms with Crippen LogP contribution in [-0.2, 0) is 19.4 Å². The summed E-state index contributed by atoms with van der Waals surface area (Å²) >= 11 is 0. The van der Waals surface area contributed by atoms with E-state index in [-0.39, 0.29) is 11.7 Å². The van der Waals surface area contributed by atoms with Crippen LogP contribution in [-0.4, -0.2) is 23.9 Å². The Morgan fingerprint density at radius 2 is 1.52 bits per heavy atom. The third kappa shape index (κ3) is 5.39. The second-order valence-corrected chi connectivity index (χ2v) is 8.35. The number of halogens is 1. The van der Waals surface area contributed by atoms with E-state index < -0.39 is 0 Å². The number of benzene rings is 3. The fourth-order valence-electron chi connectivity index (χ4n) is 4.41. The Bertz CT molecular complexity index is 1040. The topological polar surface area (TPSA) is 46.3 Å². The maximum absolute atomic E-state index is 13.4. The zero-order valence-corrected chi connectivity index (χ0v) is 17.8. The summed E-state index contributed by atoms with van der Waals surface area (Å²) in [4.78, 5) is 15.0. The van der Waals surface area contributed by atoms with E-state index >= 15 is 0 Å². The molecule has 3 aromatic rings. The minimum atomic E-state index is -0.209. The number of piperidine rings is 1. The molecule has 0 aliphatic carbocycles. The quantitative estimate of drug-likeness (QED) is 0.608. The lowest BCUT2D eigenvalue weighted by molar-refractivity contribution is 0.0713. The fourth-order valence-corrected chi connectivity index (χ4v) is 4.41. The molecular weight excluding hydrogens is 387 g/mol. The van der Waals surface area contributed by atoms with Crippen LogP contribution in [0.1, 0.15) is 51.4 Å². The molecule has 1 saturated heterocycles. The SMILES string of the molecule is NCc1cccc(C2CCN(C(=O)c3cccc(CCc4cccc(F)c4)c3)CC2)c1. The van der Waals surface area contributed by atoms with Crippen molar-refractivity contribution < 1.29 is 9.18 Å². The van der Waals surface area contributed by atoms with Crippen molar-refractivity contribution in [3.05, 3.63) is 106 Å². The average molecular weight is 417 g/mol. The summed E-state index contributed by atoms with van der Waals surface area (Å²) in [6.45, 7) is 2.09. The molecule has 2 N–H and O–H groups in total. The van der Waals surface area contributed by atoms with Crippen LogP contribution >= 0.6 is 0 Å². The van der Waals surface area contributed by atoms with Crippen molar-refractivity contribution in [3.8, 4) is 0 Å². The van der Waals surface area contributed by atoms with E-state index in [0.717, 1.165) is 61.0 Å². The van der Waals surface area contributed by atoms with E-state index in [9.17, 15) is 9.18 Å². The minimum Gasteiger partial charge on any atom is -0.339 e. The largest absolute Gasteiger partial charge is 0.339 e. The molecule has 1 aliphatic heterocycles. The zero-order valence-electron chi connectivity index (χ0n) is 17.8. The number of carbonyl (C=O) groups excluding carboxylic acids is 1. The van der Waals surface area contributed by atoms with Gasteiger partial charge in [-0.3, -0.25) is 4.79 Å². The molecule has 1 amide bonds. The summed E-state index contributed by atoms with van der Waals surface area (Å²) in [7, 11) is 0. The van der Waals surface area contributed by atoms with Crippen molar-refractivity contribution in [1.29, 1.82) is 0 Å². The number of amides is 1. The Morgan fingerprint density at radius 1 is 0.871 bits per heavy atom. The lowest BCUT2D eigenvalue weighted by atomic mass is 9.88. The van der Waals surface area contributed by atoms with Gasteiger partial charge in [-0.1, -0.05) is 48.5 Å². The average Bonchev–Trinajstić information content (AvgIpc) is 2.83.